The molecular formula is C17H24ClN3OS. The number of carbonyl (C=O) groups excluding carboxylic acids is 1. The van der Waals surface area contributed by atoms with E-state index in [4.69, 9.17) is 5.73 Å². The molecule has 0 aliphatic carbocycles. The predicted octanol–water partition coefficient (Wildman–Crippen LogP) is 3.24. The van der Waals surface area contributed by atoms with Gasteiger partial charge in [0.1, 0.15) is 0 Å². The van der Waals surface area contributed by atoms with E-state index in [2.05, 4.69) is 18.0 Å². The Labute approximate surface area is 147 Å². The summed E-state index contributed by atoms with van der Waals surface area (Å²) in [6.45, 7) is 3.66. The lowest BCUT2D eigenvalue weighted by molar-refractivity contribution is -0.135. The topological polar surface area (TPSA) is 59.2 Å². The third kappa shape index (κ3) is 4.22. The number of carbonyl (C=O) groups is 1. The maximum Gasteiger partial charge on any atom is 0.223 e. The van der Waals surface area contributed by atoms with Crippen LogP contribution < -0.4 is 5.73 Å². The van der Waals surface area contributed by atoms with Crippen molar-refractivity contribution < 1.29 is 4.79 Å². The van der Waals surface area contributed by atoms with Crippen molar-refractivity contribution >= 4 is 39.9 Å². The minimum absolute atomic E-state index is 0. The maximum atomic E-state index is 12.5. The van der Waals surface area contributed by atoms with Gasteiger partial charge in [0, 0.05) is 32.0 Å². The molecule has 0 bridgehead atoms. The molecule has 0 spiro atoms. The first-order valence-corrected chi connectivity index (χ1v) is 8.83. The number of benzene rings is 1. The lowest BCUT2D eigenvalue weighted by atomic mass is 9.92. The minimum atomic E-state index is 0. The van der Waals surface area contributed by atoms with Crippen LogP contribution in [0.1, 0.15) is 31.2 Å². The number of likely N-dealkylation sites (tertiary alicyclic amines) is 1. The summed E-state index contributed by atoms with van der Waals surface area (Å²) in [7, 11) is 0. The van der Waals surface area contributed by atoms with E-state index in [-0.39, 0.29) is 24.4 Å². The van der Waals surface area contributed by atoms with E-state index < -0.39 is 0 Å². The first-order valence-electron chi connectivity index (χ1n) is 8.01. The Morgan fingerprint density at radius 3 is 2.96 bits per heavy atom. The molecule has 2 aromatic rings. The van der Waals surface area contributed by atoms with Gasteiger partial charge in [0.05, 0.1) is 15.2 Å². The second-order valence-corrected chi connectivity index (χ2v) is 7.30. The highest BCUT2D eigenvalue weighted by Gasteiger charge is 2.28. The Morgan fingerprint density at radius 1 is 1.43 bits per heavy atom. The molecule has 3 rings (SSSR count). The summed E-state index contributed by atoms with van der Waals surface area (Å²) in [5, 5.41) is 1.05. The van der Waals surface area contributed by atoms with Crippen LogP contribution in [0.15, 0.2) is 24.3 Å². The second-order valence-electron chi connectivity index (χ2n) is 6.18. The second kappa shape index (κ2) is 8.08. The van der Waals surface area contributed by atoms with Gasteiger partial charge in [0.2, 0.25) is 5.91 Å². The molecule has 2 N–H and O–H groups in total. The molecule has 1 aromatic carbocycles. The summed E-state index contributed by atoms with van der Waals surface area (Å²) in [6.07, 6.45) is 3.37. The summed E-state index contributed by atoms with van der Waals surface area (Å²) in [6, 6.07) is 8.34. The van der Waals surface area contributed by atoms with Gasteiger partial charge in [0.25, 0.3) is 0 Å². The Kier molecular flexibility index (Phi) is 6.39. The van der Waals surface area contributed by atoms with Crippen LogP contribution in [0.2, 0.25) is 0 Å². The van der Waals surface area contributed by atoms with Crippen molar-refractivity contribution in [1.82, 2.24) is 9.88 Å². The Balaban J connectivity index is 0.00000192. The molecule has 1 amide bonds. The number of amides is 1. The molecule has 126 valence electrons. The average molecular weight is 354 g/mol. The Bertz CT molecular complexity index is 627. The normalized spacial score (nSPS) is 21.2. The SMILES string of the molecule is CC1CCN(C(=O)CCc2nc3ccccc3s2)C(CN)C1.Cl. The van der Waals surface area contributed by atoms with E-state index in [0.717, 1.165) is 36.3 Å². The van der Waals surface area contributed by atoms with E-state index in [9.17, 15) is 4.79 Å². The third-order valence-corrected chi connectivity index (χ3v) is 5.56. The van der Waals surface area contributed by atoms with E-state index in [1.54, 1.807) is 11.3 Å². The van der Waals surface area contributed by atoms with Crippen LogP contribution in [0.3, 0.4) is 0 Å². The first-order chi connectivity index (χ1) is 10.7. The van der Waals surface area contributed by atoms with Gasteiger partial charge in [0.15, 0.2) is 0 Å². The van der Waals surface area contributed by atoms with Crippen molar-refractivity contribution in [3.8, 4) is 0 Å². The molecule has 23 heavy (non-hydrogen) atoms. The van der Waals surface area contributed by atoms with Crippen LogP contribution in [-0.2, 0) is 11.2 Å². The Morgan fingerprint density at radius 2 is 2.22 bits per heavy atom. The summed E-state index contributed by atoms with van der Waals surface area (Å²) in [5.41, 5.74) is 6.88. The number of aromatic nitrogens is 1. The van der Waals surface area contributed by atoms with Crippen LogP contribution in [0.25, 0.3) is 10.2 Å². The molecular weight excluding hydrogens is 330 g/mol. The lowest BCUT2D eigenvalue weighted by Crippen LogP contribution is -2.49. The van der Waals surface area contributed by atoms with Crippen LogP contribution in [0, 0.1) is 5.92 Å². The molecule has 2 atom stereocenters. The molecule has 1 fully saturated rings. The summed E-state index contributed by atoms with van der Waals surface area (Å²) < 4.78 is 1.19. The highest BCUT2D eigenvalue weighted by molar-refractivity contribution is 7.18. The van der Waals surface area contributed by atoms with Gasteiger partial charge in [-0.25, -0.2) is 4.98 Å². The standard InChI is InChI=1S/C17H23N3OS.ClH/c1-12-8-9-20(13(10-12)11-18)17(21)7-6-16-19-14-4-2-3-5-15(14)22-16;/h2-5,12-13H,6-11,18H2,1H3;1H. The van der Waals surface area contributed by atoms with Crippen LogP contribution >= 0.6 is 23.7 Å². The molecule has 4 nitrogen and oxygen atoms in total. The lowest BCUT2D eigenvalue weighted by Gasteiger charge is -2.38. The quantitative estimate of drug-likeness (QED) is 0.917. The predicted molar refractivity (Wildman–Crippen MR) is 98.1 cm³/mol. The van der Waals surface area contributed by atoms with E-state index in [0.29, 0.717) is 18.9 Å². The van der Waals surface area contributed by atoms with Crippen molar-refractivity contribution in [2.45, 2.75) is 38.6 Å². The van der Waals surface area contributed by atoms with E-state index >= 15 is 0 Å². The smallest absolute Gasteiger partial charge is 0.223 e. The van der Waals surface area contributed by atoms with Gasteiger partial charge in [-0.05, 0) is 30.9 Å². The number of hydrogen-bond donors (Lipinski definition) is 1. The first kappa shape index (κ1) is 18.2. The molecule has 0 saturated carbocycles. The van der Waals surface area contributed by atoms with Crippen LogP contribution in [-0.4, -0.2) is 34.9 Å². The molecule has 1 aromatic heterocycles. The Hall–Kier alpha value is -1.17. The highest BCUT2D eigenvalue weighted by atomic mass is 35.5. The number of halogens is 1. The zero-order valence-electron chi connectivity index (χ0n) is 13.4. The fourth-order valence-corrected chi connectivity index (χ4v) is 4.15. The molecule has 0 radical (unpaired) electrons. The van der Waals surface area contributed by atoms with Gasteiger partial charge in [-0.2, -0.15) is 0 Å². The van der Waals surface area contributed by atoms with Crippen molar-refractivity contribution in [2.24, 2.45) is 11.7 Å². The highest BCUT2D eigenvalue weighted by Crippen LogP contribution is 2.25. The minimum Gasteiger partial charge on any atom is -0.338 e. The van der Waals surface area contributed by atoms with Crippen molar-refractivity contribution in [1.29, 1.82) is 0 Å². The number of nitrogens with zero attached hydrogens (tertiary/aromatic N) is 2. The summed E-state index contributed by atoms with van der Waals surface area (Å²) in [4.78, 5) is 19.1. The van der Waals surface area contributed by atoms with Gasteiger partial charge in [-0.15, -0.1) is 23.7 Å². The molecule has 2 unspecified atom stereocenters. The summed E-state index contributed by atoms with van der Waals surface area (Å²) in [5.74, 6) is 0.892. The molecule has 1 aliphatic rings. The number of rotatable bonds is 4. The van der Waals surface area contributed by atoms with Crippen molar-refractivity contribution in [3.63, 3.8) is 0 Å². The monoisotopic (exact) mass is 353 g/mol. The van der Waals surface area contributed by atoms with Crippen LogP contribution in [0.5, 0.6) is 0 Å². The molecule has 6 heteroatoms. The molecule has 2 heterocycles. The number of piperidine rings is 1. The third-order valence-electron chi connectivity index (χ3n) is 4.46. The number of para-hydroxylation sites is 1. The number of fused-ring (bicyclic) bond motifs is 1. The van der Waals surface area contributed by atoms with Crippen molar-refractivity contribution in [2.75, 3.05) is 13.1 Å². The molecule has 1 aliphatic heterocycles. The average Bonchev–Trinajstić information content (AvgIpc) is 2.95. The van der Waals surface area contributed by atoms with Gasteiger partial charge < -0.3 is 10.6 Å². The summed E-state index contributed by atoms with van der Waals surface area (Å²) >= 11 is 1.69. The molecule has 1 saturated heterocycles. The van der Waals surface area contributed by atoms with E-state index in [1.165, 1.54) is 4.70 Å². The van der Waals surface area contributed by atoms with Gasteiger partial charge in [-0.3, -0.25) is 4.79 Å². The van der Waals surface area contributed by atoms with Crippen molar-refractivity contribution in [3.05, 3.63) is 29.3 Å². The van der Waals surface area contributed by atoms with E-state index in [1.807, 2.05) is 23.1 Å². The van der Waals surface area contributed by atoms with Gasteiger partial charge in [-0.1, -0.05) is 19.1 Å². The largest absolute Gasteiger partial charge is 0.338 e. The number of hydrogen-bond acceptors (Lipinski definition) is 4. The van der Waals surface area contributed by atoms with Gasteiger partial charge >= 0.3 is 0 Å². The fourth-order valence-electron chi connectivity index (χ4n) is 3.19. The number of aryl methyl sites for hydroxylation is 1. The number of nitrogens with two attached hydrogens (primary N) is 1. The fraction of sp³-hybridized carbons (Fsp3) is 0.529. The van der Waals surface area contributed by atoms with Crippen LogP contribution in [0.4, 0.5) is 0 Å². The zero-order valence-corrected chi connectivity index (χ0v) is 15.0. The maximum absolute atomic E-state index is 12.5. The zero-order chi connectivity index (χ0) is 15.5. The number of thiazole rings is 1.